The van der Waals surface area contributed by atoms with Gasteiger partial charge in [0.25, 0.3) is 5.78 Å². The molecule has 15 heavy (non-hydrogen) atoms. The standard InChI is InChI=1S/C9H7F3O3/c1-15-7-3-2-5(4-6(7)13)8(14)9(10,11)12/h2-4,13H,1H3. The zero-order chi connectivity index (χ0) is 11.6. The Bertz CT molecular complexity index is 385. The second-order valence-corrected chi connectivity index (χ2v) is 2.71. The van der Waals surface area contributed by atoms with Crippen LogP contribution in [-0.2, 0) is 0 Å². The van der Waals surface area contributed by atoms with Gasteiger partial charge in [0.15, 0.2) is 11.5 Å². The number of phenolic OH excluding ortho intramolecular Hbond substituents is 1. The minimum Gasteiger partial charge on any atom is -0.504 e. The largest absolute Gasteiger partial charge is 0.504 e. The molecule has 0 fully saturated rings. The Labute approximate surface area is 83.1 Å². The zero-order valence-corrected chi connectivity index (χ0v) is 7.63. The smallest absolute Gasteiger partial charge is 0.454 e. The quantitative estimate of drug-likeness (QED) is 0.776. The number of alkyl halides is 3. The van der Waals surface area contributed by atoms with Crippen molar-refractivity contribution in [2.45, 2.75) is 6.18 Å². The van der Waals surface area contributed by atoms with Crippen molar-refractivity contribution in [2.75, 3.05) is 7.11 Å². The topological polar surface area (TPSA) is 46.5 Å². The van der Waals surface area contributed by atoms with Crippen LogP contribution in [0.3, 0.4) is 0 Å². The number of methoxy groups -OCH3 is 1. The van der Waals surface area contributed by atoms with Gasteiger partial charge >= 0.3 is 6.18 Å². The number of rotatable bonds is 2. The SMILES string of the molecule is COc1ccc(C(=O)C(F)(F)F)cc1O. The van der Waals surface area contributed by atoms with Crippen molar-refractivity contribution in [3.63, 3.8) is 0 Å². The van der Waals surface area contributed by atoms with Gasteiger partial charge in [0.1, 0.15) is 0 Å². The van der Waals surface area contributed by atoms with E-state index in [0.29, 0.717) is 6.07 Å². The average Bonchev–Trinajstić information content (AvgIpc) is 2.15. The molecule has 0 aliphatic rings. The first-order valence-corrected chi connectivity index (χ1v) is 3.85. The fourth-order valence-electron chi connectivity index (χ4n) is 0.995. The lowest BCUT2D eigenvalue weighted by Crippen LogP contribution is -2.22. The summed E-state index contributed by atoms with van der Waals surface area (Å²) in [6, 6.07) is 2.75. The lowest BCUT2D eigenvalue weighted by atomic mass is 10.1. The molecule has 0 aromatic heterocycles. The highest BCUT2D eigenvalue weighted by molar-refractivity contribution is 6.00. The molecule has 1 aromatic carbocycles. The first-order valence-electron chi connectivity index (χ1n) is 3.85. The molecule has 1 rings (SSSR count). The summed E-state index contributed by atoms with van der Waals surface area (Å²) in [7, 11) is 1.25. The van der Waals surface area contributed by atoms with Crippen LogP contribution in [0.15, 0.2) is 18.2 Å². The monoisotopic (exact) mass is 220 g/mol. The van der Waals surface area contributed by atoms with Crippen molar-refractivity contribution in [3.05, 3.63) is 23.8 Å². The molecule has 0 saturated carbocycles. The summed E-state index contributed by atoms with van der Waals surface area (Å²) in [5, 5.41) is 9.16. The van der Waals surface area contributed by atoms with Gasteiger partial charge in [-0.1, -0.05) is 0 Å². The van der Waals surface area contributed by atoms with E-state index in [-0.39, 0.29) is 5.75 Å². The van der Waals surface area contributed by atoms with E-state index in [2.05, 4.69) is 4.74 Å². The van der Waals surface area contributed by atoms with Crippen molar-refractivity contribution < 1.29 is 27.8 Å². The Morgan fingerprint density at radius 2 is 2.00 bits per heavy atom. The summed E-state index contributed by atoms with van der Waals surface area (Å²) in [4.78, 5) is 10.7. The van der Waals surface area contributed by atoms with Crippen LogP contribution >= 0.6 is 0 Å². The number of aromatic hydroxyl groups is 1. The molecule has 0 bridgehead atoms. The molecule has 3 nitrogen and oxygen atoms in total. The Hall–Kier alpha value is -1.72. The number of ether oxygens (including phenoxy) is 1. The van der Waals surface area contributed by atoms with E-state index < -0.39 is 23.3 Å². The molecule has 0 unspecified atom stereocenters. The van der Waals surface area contributed by atoms with Gasteiger partial charge in [0, 0.05) is 5.56 Å². The number of benzene rings is 1. The molecule has 0 aliphatic heterocycles. The molecule has 0 heterocycles. The van der Waals surface area contributed by atoms with Crippen molar-refractivity contribution in [1.29, 1.82) is 0 Å². The van der Waals surface area contributed by atoms with Crippen molar-refractivity contribution in [1.82, 2.24) is 0 Å². The lowest BCUT2D eigenvalue weighted by molar-refractivity contribution is -0.0885. The van der Waals surface area contributed by atoms with E-state index in [0.717, 1.165) is 12.1 Å². The van der Waals surface area contributed by atoms with E-state index in [1.807, 2.05) is 0 Å². The average molecular weight is 220 g/mol. The van der Waals surface area contributed by atoms with Gasteiger partial charge in [-0.3, -0.25) is 4.79 Å². The molecule has 0 amide bonds. The Morgan fingerprint density at radius 1 is 1.40 bits per heavy atom. The summed E-state index contributed by atoms with van der Waals surface area (Å²) in [5.41, 5.74) is -0.624. The van der Waals surface area contributed by atoms with Crippen molar-refractivity contribution >= 4 is 5.78 Å². The number of phenols is 1. The molecule has 1 N–H and O–H groups in total. The molecule has 0 saturated heterocycles. The van der Waals surface area contributed by atoms with E-state index in [1.54, 1.807) is 0 Å². The van der Waals surface area contributed by atoms with Crippen LogP contribution in [0.4, 0.5) is 13.2 Å². The lowest BCUT2D eigenvalue weighted by Gasteiger charge is -2.07. The third kappa shape index (κ3) is 2.39. The number of hydrogen-bond acceptors (Lipinski definition) is 3. The van der Waals surface area contributed by atoms with Gasteiger partial charge in [0.2, 0.25) is 0 Å². The number of carbonyl (C=O) groups excluding carboxylic acids is 1. The number of halogens is 3. The predicted molar refractivity (Wildman–Crippen MR) is 45.0 cm³/mol. The van der Waals surface area contributed by atoms with Gasteiger partial charge in [0.05, 0.1) is 7.11 Å². The molecular formula is C9H7F3O3. The van der Waals surface area contributed by atoms with E-state index >= 15 is 0 Å². The van der Waals surface area contributed by atoms with Crippen LogP contribution in [0.1, 0.15) is 10.4 Å². The fourth-order valence-corrected chi connectivity index (χ4v) is 0.995. The summed E-state index contributed by atoms with van der Waals surface area (Å²) >= 11 is 0. The van der Waals surface area contributed by atoms with Crippen LogP contribution < -0.4 is 4.74 Å². The van der Waals surface area contributed by atoms with E-state index in [1.165, 1.54) is 7.11 Å². The van der Waals surface area contributed by atoms with Gasteiger partial charge in [-0.25, -0.2) is 0 Å². The second kappa shape index (κ2) is 3.80. The van der Waals surface area contributed by atoms with Crippen LogP contribution in [-0.4, -0.2) is 24.2 Å². The first kappa shape index (κ1) is 11.4. The summed E-state index contributed by atoms with van der Waals surface area (Å²) in [5.74, 6) is -2.50. The highest BCUT2D eigenvalue weighted by Crippen LogP contribution is 2.29. The summed E-state index contributed by atoms with van der Waals surface area (Å²) in [6.07, 6.45) is -4.94. The molecule has 0 atom stereocenters. The molecule has 0 spiro atoms. The molecule has 0 aliphatic carbocycles. The Kier molecular flexibility index (Phi) is 2.88. The second-order valence-electron chi connectivity index (χ2n) is 2.71. The molecule has 1 aromatic rings. The number of hydrogen-bond donors (Lipinski definition) is 1. The maximum atomic E-state index is 12.0. The number of carbonyl (C=O) groups is 1. The highest BCUT2D eigenvalue weighted by Gasteiger charge is 2.39. The van der Waals surface area contributed by atoms with Gasteiger partial charge < -0.3 is 9.84 Å². The van der Waals surface area contributed by atoms with Gasteiger partial charge in [-0.15, -0.1) is 0 Å². The maximum Gasteiger partial charge on any atom is 0.454 e. The minimum atomic E-state index is -4.94. The highest BCUT2D eigenvalue weighted by atomic mass is 19.4. The predicted octanol–water partition coefficient (Wildman–Crippen LogP) is 2.15. The molecular weight excluding hydrogens is 213 g/mol. The van der Waals surface area contributed by atoms with Crippen molar-refractivity contribution in [3.8, 4) is 11.5 Å². The van der Waals surface area contributed by atoms with Crippen LogP contribution in [0, 0.1) is 0 Å². The number of ketones is 1. The number of Topliss-reactive ketones (excluding diaryl/α,β-unsaturated/α-hetero) is 1. The van der Waals surface area contributed by atoms with E-state index in [4.69, 9.17) is 5.11 Å². The van der Waals surface area contributed by atoms with Crippen LogP contribution in [0.25, 0.3) is 0 Å². The fraction of sp³-hybridized carbons (Fsp3) is 0.222. The summed E-state index contributed by atoms with van der Waals surface area (Å²) < 4.78 is 40.6. The van der Waals surface area contributed by atoms with Gasteiger partial charge in [-0.2, -0.15) is 13.2 Å². The van der Waals surface area contributed by atoms with E-state index in [9.17, 15) is 18.0 Å². The Morgan fingerprint density at radius 3 is 2.40 bits per heavy atom. The molecule has 0 radical (unpaired) electrons. The zero-order valence-electron chi connectivity index (χ0n) is 7.63. The molecule has 6 heteroatoms. The molecule has 82 valence electrons. The van der Waals surface area contributed by atoms with Crippen molar-refractivity contribution in [2.24, 2.45) is 0 Å². The Balaban J connectivity index is 3.08. The van der Waals surface area contributed by atoms with Crippen LogP contribution in [0.2, 0.25) is 0 Å². The third-order valence-corrected chi connectivity index (χ3v) is 1.70. The minimum absolute atomic E-state index is 0.00808. The normalized spacial score (nSPS) is 11.2. The third-order valence-electron chi connectivity index (χ3n) is 1.70. The summed E-state index contributed by atoms with van der Waals surface area (Å²) in [6.45, 7) is 0. The van der Waals surface area contributed by atoms with Crippen LogP contribution in [0.5, 0.6) is 11.5 Å². The maximum absolute atomic E-state index is 12.0. The van der Waals surface area contributed by atoms with Gasteiger partial charge in [-0.05, 0) is 18.2 Å². The first-order chi connectivity index (χ1) is 6.86.